The number of ether oxygens (including phenoxy) is 1. The van der Waals surface area contributed by atoms with Gasteiger partial charge < -0.3 is 9.84 Å². The van der Waals surface area contributed by atoms with Crippen molar-refractivity contribution >= 4 is 15.9 Å². The zero-order chi connectivity index (χ0) is 12.2. The fourth-order valence-electron chi connectivity index (χ4n) is 1.30. The first-order valence-electron chi connectivity index (χ1n) is 4.65. The molecule has 1 N–H and O–H groups in total. The first-order valence-corrected chi connectivity index (χ1v) is 5.44. The number of halogens is 2. The third kappa shape index (κ3) is 2.79. The van der Waals surface area contributed by atoms with Gasteiger partial charge in [0.05, 0.1) is 13.2 Å². The minimum Gasteiger partial charge on any atom is -0.394 e. The summed E-state index contributed by atoms with van der Waals surface area (Å²) in [6, 6.07) is 6.29. The SMILES string of the molecule is CC(C#N)(OCCO)c1ccc(Br)cc1F. The Morgan fingerprint density at radius 3 is 2.81 bits per heavy atom. The standard InChI is InChI=1S/C11H11BrFNO2/c1-11(7-14,16-5-4-15)9-3-2-8(12)6-10(9)13/h2-3,6,15H,4-5H2,1H3. The molecule has 0 fully saturated rings. The fourth-order valence-corrected chi connectivity index (χ4v) is 1.63. The average Bonchev–Trinajstić information content (AvgIpc) is 2.26. The lowest BCUT2D eigenvalue weighted by Gasteiger charge is -2.22. The van der Waals surface area contributed by atoms with Crippen LogP contribution < -0.4 is 0 Å². The van der Waals surface area contributed by atoms with Crippen LogP contribution in [0.2, 0.25) is 0 Å². The molecule has 0 aliphatic rings. The Bertz CT molecular complexity index is 419. The van der Waals surface area contributed by atoms with Crippen molar-refractivity contribution in [3.05, 3.63) is 34.1 Å². The molecule has 0 saturated carbocycles. The van der Waals surface area contributed by atoms with Crippen molar-refractivity contribution in [2.75, 3.05) is 13.2 Å². The van der Waals surface area contributed by atoms with Crippen molar-refractivity contribution in [1.29, 1.82) is 5.26 Å². The molecular formula is C11H11BrFNO2. The molecule has 16 heavy (non-hydrogen) atoms. The molecule has 1 aromatic rings. The summed E-state index contributed by atoms with van der Waals surface area (Å²) in [5.74, 6) is -0.517. The van der Waals surface area contributed by atoms with E-state index in [9.17, 15) is 4.39 Å². The minimum absolute atomic E-state index is 0.0143. The number of aliphatic hydroxyl groups excluding tert-OH is 1. The van der Waals surface area contributed by atoms with Gasteiger partial charge in [-0.1, -0.05) is 22.0 Å². The zero-order valence-electron chi connectivity index (χ0n) is 8.70. The molecule has 0 radical (unpaired) electrons. The van der Waals surface area contributed by atoms with E-state index in [2.05, 4.69) is 15.9 Å². The number of hydrogen-bond donors (Lipinski definition) is 1. The number of benzene rings is 1. The van der Waals surface area contributed by atoms with E-state index < -0.39 is 11.4 Å². The third-order valence-electron chi connectivity index (χ3n) is 2.14. The van der Waals surface area contributed by atoms with Gasteiger partial charge in [-0.2, -0.15) is 5.26 Å². The van der Waals surface area contributed by atoms with E-state index in [0.717, 1.165) is 0 Å². The van der Waals surface area contributed by atoms with E-state index >= 15 is 0 Å². The summed E-state index contributed by atoms with van der Waals surface area (Å²) in [4.78, 5) is 0. The quantitative estimate of drug-likeness (QED) is 0.925. The summed E-state index contributed by atoms with van der Waals surface area (Å²) in [5.41, 5.74) is -1.22. The molecule has 0 spiro atoms. The van der Waals surface area contributed by atoms with Gasteiger partial charge >= 0.3 is 0 Å². The molecule has 1 rings (SSSR count). The van der Waals surface area contributed by atoms with Crippen LogP contribution in [0.3, 0.4) is 0 Å². The van der Waals surface area contributed by atoms with Crippen molar-refractivity contribution in [3.8, 4) is 6.07 Å². The van der Waals surface area contributed by atoms with Crippen molar-refractivity contribution in [3.63, 3.8) is 0 Å². The molecular weight excluding hydrogens is 277 g/mol. The second-order valence-corrected chi connectivity index (χ2v) is 4.26. The number of hydrogen-bond acceptors (Lipinski definition) is 3. The fraction of sp³-hybridized carbons (Fsp3) is 0.364. The highest BCUT2D eigenvalue weighted by Crippen LogP contribution is 2.28. The van der Waals surface area contributed by atoms with Crippen LogP contribution in [-0.2, 0) is 10.3 Å². The first-order chi connectivity index (χ1) is 7.53. The van der Waals surface area contributed by atoms with Gasteiger partial charge in [0.15, 0.2) is 5.60 Å². The summed E-state index contributed by atoms with van der Waals surface area (Å²) < 4.78 is 19.4. The normalized spacial score (nSPS) is 14.2. The van der Waals surface area contributed by atoms with Crippen LogP contribution in [0.15, 0.2) is 22.7 Å². The smallest absolute Gasteiger partial charge is 0.179 e. The third-order valence-corrected chi connectivity index (χ3v) is 2.63. The molecule has 86 valence electrons. The van der Waals surface area contributed by atoms with Crippen molar-refractivity contribution in [1.82, 2.24) is 0 Å². The van der Waals surface area contributed by atoms with Gasteiger partial charge in [0.25, 0.3) is 0 Å². The number of aliphatic hydroxyl groups is 1. The predicted octanol–water partition coefficient (Wildman–Crippen LogP) is 2.34. The van der Waals surface area contributed by atoms with Crippen LogP contribution in [0.4, 0.5) is 4.39 Å². The van der Waals surface area contributed by atoms with E-state index in [-0.39, 0.29) is 18.8 Å². The molecule has 3 nitrogen and oxygen atoms in total. The Balaban J connectivity index is 3.08. The second kappa shape index (κ2) is 5.39. The topological polar surface area (TPSA) is 53.2 Å². The maximum absolute atomic E-state index is 13.6. The molecule has 0 saturated heterocycles. The van der Waals surface area contributed by atoms with Gasteiger partial charge in [-0.25, -0.2) is 4.39 Å². The summed E-state index contributed by atoms with van der Waals surface area (Å²) in [5, 5.41) is 17.7. The maximum Gasteiger partial charge on any atom is 0.179 e. The van der Waals surface area contributed by atoms with Crippen LogP contribution in [0.1, 0.15) is 12.5 Å². The first kappa shape index (κ1) is 13.1. The van der Waals surface area contributed by atoms with Crippen LogP contribution >= 0.6 is 15.9 Å². The van der Waals surface area contributed by atoms with E-state index in [1.807, 2.05) is 6.07 Å². The largest absolute Gasteiger partial charge is 0.394 e. The van der Waals surface area contributed by atoms with Gasteiger partial charge in [0.1, 0.15) is 11.9 Å². The van der Waals surface area contributed by atoms with Gasteiger partial charge in [-0.15, -0.1) is 0 Å². The van der Waals surface area contributed by atoms with E-state index in [1.54, 1.807) is 6.07 Å². The molecule has 1 unspecified atom stereocenters. The van der Waals surface area contributed by atoms with E-state index in [1.165, 1.54) is 19.1 Å². The predicted molar refractivity (Wildman–Crippen MR) is 60.1 cm³/mol. The van der Waals surface area contributed by atoms with Crippen LogP contribution in [0.25, 0.3) is 0 Å². The minimum atomic E-state index is -1.38. The van der Waals surface area contributed by atoms with Gasteiger partial charge in [-0.3, -0.25) is 0 Å². The van der Waals surface area contributed by atoms with Crippen molar-refractivity contribution in [2.24, 2.45) is 0 Å². The van der Waals surface area contributed by atoms with Gasteiger partial charge in [0.2, 0.25) is 0 Å². The monoisotopic (exact) mass is 287 g/mol. The Kier molecular flexibility index (Phi) is 4.42. The molecule has 0 aliphatic carbocycles. The Morgan fingerprint density at radius 1 is 1.62 bits per heavy atom. The van der Waals surface area contributed by atoms with Crippen molar-refractivity contribution in [2.45, 2.75) is 12.5 Å². The lowest BCUT2D eigenvalue weighted by molar-refractivity contribution is -0.0127. The Hall–Kier alpha value is -0.960. The molecule has 0 aromatic heterocycles. The second-order valence-electron chi connectivity index (χ2n) is 3.34. The molecule has 5 heteroatoms. The molecule has 1 atom stereocenters. The highest BCUT2D eigenvalue weighted by molar-refractivity contribution is 9.10. The summed E-state index contributed by atoms with van der Waals surface area (Å²) in [6.07, 6.45) is 0. The molecule has 0 amide bonds. The van der Waals surface area contributed by atoms with E-state index in [0.29, 0.717) is 4.47 Å². The number of nitriles is 1. The van der Waals surface area contributed by atoms with Gasteiger partial charge in [0, 0.05) is 10.0 Å². The molecule has 0 bridgehead atoms. The van der Waals surface area contributed by atoms with E-state index in [4.69, 9.17) is 15.1 Å². The zero-order valence-corrected chi connectivity index (χ0v) is 10.3. The van der Waals surface area contributed by atoms with Gasteiger partial charge in [-0.05, 0) is 19.1 Å². The Labute approximate surface area is 102 Å². The number of rotatable bonds is 4. The summed E-state index contributed by atoms with van der Waals surface area (Å²) in [6.45, 7) is 1.24. The molecule has 0 heterocycles. The van der Waals surface area contributed by atoms with Crippen LogP contribution in [0, 0.1) is 17.1 Å². The average molecular weight is 288 g/mol. The highest BCUT2D eigenvalue weighted by atomic mass is 79.9. The lowest BCUT2D eigenvalue weighted by Crippen LogP contribution is -2.26. The summed E-state index contributed by atoms with van der Waals surface area (Å²) in [7, 11) is 0. The van der Waals surface area contributed by atoms with Crippen molar-refractivity contribution < 1.29 is 14.2 Å². The highest BCUT2D eigenvalue weighted by Gasteiger charge is 2.30. The van der Waals surface area contributed by atoms with Crippen LogP contribution in [-0.4, -0.2) is 18.3 Å². The molecule has 1 aromatic carbocycles. The lowest BCUT2D eigenvalue weighted by atomic mass is 9.97. The maximum atomic E-state index is 13.6. The summed E-state index contributed by atoms with van der Waals surface area (Å²) >= 11 is 3.13. The Morgan fingerprint density at radius 2 is 2.31 bits per heavy atom. The number of nitrogens with zero attached hydrogens (tertiary/aromatic N) is 1. The van der Waals surface area contributed by atoms with Crippen LogP contribution in [0.5, 0.6) is 0 Å². The molecule has 0 aliphatic heterocycles.